The summed E-state index contributed by atoms with van der Waals surface area (Å²) in [5.41, 5.74) is 16.9. The molecule has 0 atom stereocenters. The highest BCUT2D eigenvalue weighted by Gasteiger charge is 2.18. The molecule has 0 saturated heterocycles. The van der Waals surface area contributed by atoms with Crippen LogP contribution in [0.15, 0.2) is 103 Å². The van der Waals surface area contributed by atoms with Crippen LogP contribution < -0.4 is 0 Å². The van der Waals surface area contributed by atoms with Crippen molar-refractivity contribution in [1.82, 2.24) is 19.9 Å². The quantitative estimate of drug-likeness (QED) is 0.194. The lowest BCUT2D eigenvalue weighted by Gasteiger charge is -2.07. The molecule has 238 valence electrons. The standard InChI is InChI=1S/C43H34N4OS/c1-26-9-13-30(14-10-26)42-35-19-17-33(44-35)32(25-49-28(3)48)34-18-20-36(45-34)43(31-15-11-27(2)12-16-31)40-24-22-38(47-40)41(29-7-5-4-6-8-29)37-21-23-39(42)46-37/h4-24,44,47H,25H2,1-3H3. The summed E-state index contributed by atoms with van der Waals surface area (Å²) in [5.74, 6) is 0.492. The number of benzene rings is 3. The number of aryl methyl sites for hydroxylation is 2. The highest BCUT2D eigenvalue weighted by Crippen LogP contribution is 2.37. The Hall–Kier alpha value is -5.72. The number of aromatic nitrogens is 4. The average molecular weight is 655 g/mol. The molecule has 49 heavy (non-hydrogen) atoms. The lowest BCUT2D eigenvalue weighted by Crippen LogP contribution is -1.92. The molecule has 2 aliphatic heterocycles. The van der Waals surface area contributed by atoms with Crippen molar-refractivity contribution in [3.63, 3.8) is 0 Å². The summed E-state index contributed by atoms with van der Waals surface area (Å²) in [7, 11) is 0. The van der Waals surface area contributed by atoms with Gasteiger partial charge in [-0.05, 0) is 79.1 Å². The van der Waals surface area contributed by atoms with E-state index in [-0.39, 0.29) is 5.12 Å². The third-order valence-corrected chi connectivity index (χ3v) is 9.86. The smallest absolute Gasteiger partial charge is 0.186 e. The number of aromatic amines is 2. The van der Waals surface area contributed by atoms with Gasteiger partial charge in [-0.2, -0.15) is 0 Å². The first kappa shape index (κ1) is 30.6. The van der Waals surface area contributed by atoms with Crippen molar-refractivity contribution in [3.8, 4) is 33.4 Å². The van der Waals surface area contributed by atoms with E-state index in [4.69, 9.17) is 9.97 Å². The number of carbonyl (C=O) groups is 1. The fourth-order valence-corrected chi connectivity index (χ4v) is 7.20. The Morgan fingerprint density at radius 3 is 1.43 bits per heavy atom. The molecule has 0 amide bonds. The molecule has 2 aliphatic rings. The SMILES string of the molecule is CC(=O)SCc1c2nc(c(-c3ccc(C)cc3)c3ccc([nH]3)c(-c3ccccc3)c3nc(c(-c4ccc(C)cc4)c4ccc1[nH]4)C=C3)C=C2. The van der Waals surface area contributed by atoms with Gasteiger partial charge in [0, 0.05) is 57.0 Å². The second-order valence-electron chi connectivity index (χ2n) is 12.5. The van der Waals surface area contributed by atoms with E-state index in [1.54, 1.807) is 6.92 Å². The van der Waals surface area contributed by atoms with E-state index in [1.807, 2.05) is 6.07 Å². The number of carbonyl (C=O) groups excluding carboxylic acids is 1. The summed E-state index contributed by atoms with van der Waals surface area (Å²) >= 11 is 1.29. The van der Waals surface area contributed by atoms with E-state index in [0.29, 0.717) is 5.75 Å². The molecule has 5 heterocycles. The summed E-state index contributed by atoms with van der Waals surface area (Å²) in [6.07, 6.45) is 8.38. The number of H-pyrrole nitrogens is 2. The van der Waals surface area contributed by atoms with E-state index in [9.17, 15) is 4.79 Å². The highest BCUT2D eigenvalue weighted by atomic mass is 32.2. The van der Waals surface area contributed by atoms with E-state index in [1.165, 1.54) is 22.9 Å². The zero-order chi connectivity index (χ0) is 33.5. The van der Waals surface area contributed by atoms with Crippen LogP contribution in [0.1, 0.15) is 46.4 Å². The lowest BCUT2D eigenvalue weighted by molar-refractivity contribution is -0.109. The van der Waals surface area contributed by atoms with Crippen LogP contribution in [0.5, 0.6) is 0 Å². The normalized spacial score (nSPS) is 12.1. The van der Waals surface area contributed by atoms with Gasteiger partial charge in [0.2, 0.25) is 0 Å². The van der Waals surface area contributed by atoms with Crippen LogP contribution in [0, 0.1) is 13.8 Å². The van der Waals surface area contributed by atoms with Crippen molar-refractivity contribution in [2.75, 3.05) is 0 Å². The maximum atomic E-state index is 12.2. The fourth-order valence-electron chi connectivity index (χ4n) is 6.55. The van der Waals surface area contributed by atoms with Crippen molar-refractivity contribution < 1.29 is 4.79 Å². The maximum Gasteiger partial charge on any atom is 0.186 e. The van der Waals surface area contributed by atoms with Crippen LogP contribution in [0.25, 0.3) is 79.8 Å². The highest BCUT2D eigenvalue weighted by molar-refractivity contribution is 8.12. The minimum atomic E-state index is 0.0647. The largest absolute Gasteiger partial charge is 0.355 e. The third-order valence-electron chi connectivity index (χ3n) is 9.03. The van der Waals surface area contributed by atoms with Gasteiger partial charge in [0.05, 0.1) is 22.8 Å². The van der Waals surface area contributed by atoms with Crippen LogP contribution >= 0.6 is 11.8 Å². The Labute approximate surface area is 289 Å². The number of hydrogen-bond acceptors (Lipinski definition) is 4. The first-order valence-corrected chi connectivity index (χ1v) is 17.4. The molecule has 8 rings (SSSR count). The van der Waals surface area contributed by atoms with Crippen molar-refractivity contribution in [1.29, 1.82) is 0 Å². The first-order chi connectivity index (χ1) is 23.9. The first-order valence-electron chi connectivity index (χ1n) is 16.4. The molecular formula is C43H34N4OS. The lowest BCUT2D eigenvalue weighted by atomic mass is 10.0. The van der Waals surface area contributed by atoms with Crippen molar-refractivity contribution in [3.05, 3.63) is 143 Å². The molecule has 0 spiro atoms. The molecule has 3 aromatic carbocycles. The van der Waals surface area contributed by atoms with E-state index < -0.39 is 0 Å². The summed E-state index contributed by atoms with van der Waals surface area (Å²) in [6.45, 7) is 5.81. The van der Waals surface area contributed by atoms with Crippen LogP contribution in [0.4, 0.5) is 0 Å². The molecule has 8 bridgehead atoms. The number of thioether (sulfide) groups is 1. The van der Waals surface area contributed by atoms with Crippen molar-refractivity contribution in [2.45, 2.75) is 26.5 Å². The van der Waals surface area contributed by atoms with E-state index in [0.717, 1.165) is 83.8 Å². The minimum absolute atomic E-state index is 0.0647. The Morgan fingerprint density at radius 2 is 0.939 bits per heavy atom. The zero-order valence-corrected chi connectivity index (χ0v) is 28.4. The maximum absolute atomic E-state index is 12.2. The zero-order valence-electron chi connectivity index (χ0n) is 27.5. The average Bonchev–Trinajstić information content (AvgIpc) is 3.94. The predicted octanol–water partition coefficient (Wildman–Crippen LogP) is 11.1. The van der Waals surface area contributed by atoms with E-state index in [2.05, 4.69) is 145 Å². The van der Waals surface area contributed by atoms with Gasteiger partial charge < -0.3 is 9.97 Å². The molecule has 0 fully saturated rings. The van der Waals surface area contributed by atoms with Gasteiger partial charge in [0.1, 0.15) is 0 Å². The molecule has 0 unspecified atom stereocenters. The Balaban J connectivity index is 1.54. The minimum Gasteiger partial charge on any atom is -0.355 e. The Kier molecular flexibility index (Phi) is 7.94. The van der Waals surface area contributed by atoms with Gasteiger partial charge in [0.15, 0.2) is 5.12 Å². The molecule has 6 heteroatoms. The van der Waals surface area contributed by atoms with Crippen LogP contribution in [0.3, 0.4) is 0 Å². The van der Waals surface area contributed by atoms with Gasteiger partial charge in [0.25, 0.3) is 0 Å². The monoisotopic (exact) mass is 654 g/mol. The summed E-state index contributed by atoms with van der Waals surface area (Å²) < 4.78 is 0. The van der Waals surface area contributed by atoms with Crippen molar-refractivity contribution in [2.24, 2.45) is 0 Å². The number of nitrogens with zero attached hydrogens (tertiary/aromatic N) is 2. The number of nitrogens with one attached hydrogen (secondary N) is 2. The molecule has 0 saturated carbocycles. The molecule has 0 radical (unpaired) electrons. The van der Waals surface area contributed by atoms with Crippen molar-refractivity contribution >= 4 is 63.2 Å². The molecule has 5 nitrogen and oxygen atoms in total. The molecule has 0 aliphatic carbocycles. The topological polar surface area (TPSA) is 74.4 Å². The van der Waals surface area contributed by atoms with E-state index >= 15 is 0 Å². The van der Waals surface area contributed by atoms with Gasteiger partial charge >= 0.3 is 0 Å². The van der Waals surface area contributed by atoms with Gasteiger partial charge in [-0.15, -0.1) is 0 Å². The molecular weight excluding hydrogens is 621 g/mol. The second-order valence-corrected chi connectivity index (χ2v) is 13.6. The number of hydrogen-bond donors (Lipinski definition) is 2. The summed E-state index contributed by atoms with van der Waals surface area (Å²) in [5, 5.41) is 0.0647. The molecule has 2 N–H and O–H groups in total. The van der Waals surface area contributed by atoms with Gasteiger partial charge in [-0.3, -0.25) is 4.79 Å². The summed E-state index contributed by atoms with van der Waals surface area (Å²) in [6, 6.07) is 36.1. The predicted molar refractivity (Wildman–Crippen MR) is 207 cm³/mol. The molecule has 3 aromatic heterocycles. The molecule has 6 aromatic rings. The van der Waals surface area contributed by atoms with Crippen LogP contribution in [-0.2, 0) is 10.5 Å². The van der Waals surface area contributed by atoms with Crippen LogP contribution in [0.2, 0.25) is 0 Å². The number of fused-ring (bicyclic) bond motifs is 8. The fraction of sp³-hybridized carbons (Fsp3) is 0.0930. The van der Waals surface area contributed by atoms with Gasteiger partial charge in [-0.25, -0.2) is 9.97 Å². The second kappa shape index (κ2) is 12.7. The third kappa shape index (κ3) is 5.96. The summed E-state index contributed by atoms with van der Waals surface area (Å²) in [4.78, 5) is 30.3. The Bertz CT molecular complexity index is 2420. The van der Waals surface area contributed by atoms with Gasteiger partial charge in [-0.1, -0.05) is 102 Å². The number of rotatable bonds is 5. The Morgan fingerprint density at radius 1 is 0.531 bits per heavy atom. The van der Waals surface area contributed by atoms with Crippen LogP contribution in [-0.4, -0.2) is 25.1 Å².